The Balaban J connectivity index is 1.65. The van der Waals surface area contributed by atoms with Crippen LogP contribution in [0.2, 0.25) is 0 Å². The van der Waals surface area contributed by atoms with E-state index < -0.39 is 11.9 Å². The van der Waals surface area contributed by atoms with E-state index in [0.29, 0.717) is 43.1 Å². The van der Waals surface area contributed by atoms with Crippen LogP contribution in [0.5, 0.6) is 11.5 Å². The molecule has 7 heteroatoms. The number of hydrogen-bond donors (Lipinski definition) is 2. The number of aliphatic carboxylic acids is 1. The molecule has 1 saturated carbocycles. The molecule has 0 aliphatic heterocycles. The summed E-state index contributed by atoms with van der Waals surface area (Å²) in [5, 5.41) is 11.9. The number of hydrogen-bond acceptors (Lipinski definition) is 5. The van der Waals surface area contributed by atoms with Crippen molar-refractivity contribution in [3.63, 3.8) is 0 Å². The van der Waals surface area contributed by atoms with Crippen molar-refractivity contribution in [3.05, 3.63) is 48.3 Å². The Hall–Kier alpha value is -3.09. The molecule has 2 aromatic rings. The summed E-state index contributed by atoms with van der Waals surface area (Å²) >= 11 is 0. The predicted molar refractivity (Wildman–Crippen MR) is 98.7 cm³/mol. The van der Waals surface area contributed by atoms with Crippen molar-refractivity contribution in [1.29, 1.82) is 0 Å². The Morgan fingerprint density at radius 2 is 1.89 bits per heavy atom. The van der Waals surface area contributed by atoms with E-state index in [2.05, 4.69) is 10.3 Å². The topological polar surface area (TPSA) is 97.8 Å². The van der Waals surface area contributed by atoms with Gasteiger partial charge in [-0.25, -0.2) is 0 Å². The second-order valence-electron chi connectivity index (χ2n) is 6.54. The lowest BCUT2D eigenvalue weighted by Gasteiger charge is -2.14. The number of methoxy groups -OCH3 is 1. The summed E-state index contributed by atoms with van der Waals surface area (Å²) in [6.45, 7) is 0.346. The maximum atomic E-state index is 12.4. The van der Waals surface area contributed by atoms with Gasteiger partial charge in [-0.15, -0.1) is 0 Å². The molecule has 142 valence electrons. The van der Waals surface area contributed by atoms with Crippen molar-refractivity contribution in [1.82, 2.24) is 4.98 Å². The number of carboxylic acids is 1. The molecule has 1 aliphatic carbocycles. The van der Waals surface area contributed by atoms with Gasteiger partial charge in [0.2, 0.25) is 5.91 Å². The summed E-state index contributed by atoms with van der Waals surface area (Å²) in [5.41, 5.74) is 1.55. The van der Waals surface area contributed by atoms with Crippen LogP contribution in [0, 0.1) is 11.8 Å². The Bertz CT molecular complexity index is 809. The third-order valence-corrected chi connectivity index (χ3v) is 4.73. The van der Waals surface area contributed by atoms with Crippen molar-refractivity contribution >= 4 is 17.6 Å². The molecule has 27 heavy (non-hydrogen) atoms. The molecule has 0 radical (unpaired) electrons. The van der Waals surface area contributed by atoms with Crippen LogP contribution >= 0.6 is 0 Å². The molecule has 7 nitrogen and oxygen atoms in total. The summed E-state index contributed by atoms with van der Waals surface area (Å²) < 4.78 is 11.1. The molecule has 1 aromatic carbocycles. The summed E-state index contributed by atoms with van der Waals surface area (Å²) in [6.07, 6.45) is 4.89. The zero-order valence-corrected chi connectivity index (χ0v) is 15.1. The fourth-order valence-electron chi connectivity index (χ4n) is 3.20. The maximum Gasteiger partial charge on any atom is 0.306 e. The summed E-state index contributed by atoms with van der Waals surface area (Å²) in [5.74, 6) is -0.633. The van der Waals surface area contributed by atoms with Gasteiger partial charge >= 0.3 is 5.97 Å². The highest BCUT2D eigenvalue weighted by Gasteiger charge is 2.33. The summed E-state index contributed by atoms with van der Waals surface area (Å²) in [7, 11) is 1.55. The van der Waals surface area contributed by atoms with Crippen LogP contribution in [0.25, 0.3) is 0 Å². The number of carbonyl (C=O) groups excluding carboxylic acids is 1. The molecule has 0 bridgehead atoms. The molecular formula is C20H22N2O5. The average Bonchev–Trinajstić information content (AvgIpc) is 3.18. The largest absolute Gasteiger partial charge is 0.493 e. The van der Waals surface area contributed by atoms with Gasteiger partial charge in [0.15, 0.2) is 11.5 Å². The van der Waals surface area contributed by atoms with Crippen molar-refractivity contribution in [2.24, 2.45) is 11.8 Å². The van der Waals surface area contributed by atoms with E-state index in [0.717, 1.165) is 5.56 Å². The number of amides is 1. The number of pyridine rings is 1. The van der Waals surface area contributed by atoms with E-state index in [1.165, 1.54) is 0 Å². The van der Waals surface area contributed by atoms with E-state index >= 15 is 0 Å². The minimum Gasteiger partial charge on any atom is -0.493 e. The van der Waals surface area contributed by atoms with E-state index in [1.807, 2.05) is 12.1 Å². The summed E-state index contributed by atoms with van der Waals surface area (Å²) in [6, 6.07) is 8.89. The van der Waals surface area contributed by atoms with Gasteiger partial charge in [0, 0.05) is 30.1 Å². The standard InChI is InChI=1S/C20H22N2O5/c1-26-17-5-4-16(11-18(17)27-12-13-6-8-21-9-7-13)22-19(23)14-2-3-15(10-14)20(24)25/h4-9,11,14-15H,2-3,10,12H2,1H3,(H,22,23)(H,24,25)/t14-,15+/m1/s1. The fraction of sp³-hybridized carbons (Fsp3) is 0.350. The Morgan fingerprint density at radius 1 is 1.15 bits per heavy atom. The summed E-state index contributed by atoms with van der Waals surface area (Å²) in [4.78, 5) is 27.5. The van der Waals surface area contributed by atoms with Crippen molar-refractivity contribution in [2.75, 3.05) is 12.4 Å². The number of nitrogens with one attached hydrogen (secondary N) is 1. The van der Waals surface area contributed by atoms with Crippen LogP contribution in [0.1, 0.15) is 24.8 Å². The highest BCUT2D eigenvalue weighted by atomic mass is 16.5. The van der Waals surface area contributed by atoms with E-state index in [-0.39, 0.29) is 11.8 Å². The Kier molecular flexibility index (Phi) is 5.90. The highest BCUT2D eigenvalue weighted by molar-refractivity contribution is 5.93. The van der Waals surface area contributed by atoms with Crippen LogP contribution in [0.15, 0.2) is 42.7 Å². The first-order valence-corrected chi connectivity index (χ1v) is 8.80. The third kappa shape index (κ3) is 4.75. The van der Waals surface area contributed by atoms with Gasteiger partial charge in [0.25, 0.3) is 0 Å². The minimum atomic E-state index is -0.832. The van der Waals surface area contributed by atoms with Crippen LogP contribution in [0.4, 0.5) is 5.69 Å². The van der Waals surface area contributed by atoms with Gasteiger partial charge in [0.05, 0.1) is 13.0 Å². The smallest absolute Gasteiger partial charge is 0.306 e. The number of ether oxygens (including phenoxy) is 2. The number of benzene rings is 1. The second kappa shape index (κ2) is 8.53. The molecule has 0 saturated heterocycles. The van der Waals surface area contributed by atoms with Crippen LogP contribution in [0.3, 0.4) is 0 Å². The van der Waals surface area contributed by atoms with Crippen molar-refractivity contribution < 1.29 is 24.2 Å². The first-order valence-electron chi connectivity index (χ1n) is 8.80. The molecule has 3 rings (SSSR count). The van der Waals surface area contributed by atoms with Crippen LogP contribution in [-0.4, -0.2) is 29.1 Å². The zero-order valence-electron chi connectivity index (χ0n) is 15.1. The molecule has 0 unspecified atom stereocenters. The van der Waals surface area contributed by atoms with Crippen LogP contribution in [-0.2, 0) is 16.2 Å². The lowest BCUT2D eigenvalue weighted by Crippen LogP contribution is -2.21. The first-order chi connectivity index (χ1) is 13.1. The normalized spacial score (nSPS) is 18.7. The molecular weight excluding hydrogens is 348 g/mol. The third-order valence-electron chi connectivity index (χ3n) is 4.73. The zero-order chi connectivity index (χ0) is 19.2. The number of aromatic nitrogens is 1. The maximum absolute atomic E-state index is 12.4. The van der Waals surface area contributed by atoms with Gasteiger partial charge in [-0.05, 0) is 49.1 Å². The Morgan fingerprint density at radius 3 is 2.56 bits per heavy atom. The molecule has 1 aromatic heterocycles. The van der Waals surface area contributed by atoms with Crippen LogP contribution < -0.4 is 14.8 Å². The Labute approximate surface area is 157 Å². The quantitative estimate of drug-likeness (QED) is 0.777. The van der Waals surface area contributed by atoms with Gasteiger partial charge in [-0.3, -0.25) is 14.6 Å². The molecule has 1 heterocycles. The fourth-order valence-corrected chi connectivity index (χ4v) is 3.20. The number of anilines is 1. The number of rotatable bonds is 7. The van der Waals surface area contributed by atoms with Crippen molar-refractivity contribution in [3.8, 4) is 11.5 Å². The number of nitrogens with zero attached hydrogens (tertiary/aromatic N) is 1. The molecule has 1 amide bonds. The van der Waals surface area contributed by atoms with Crippen molar-refractivity contribution in [2.45, 2.75) is 25.9 Å². The number of carboxylic acid groups (broad SMARTS) is 1. The molecule has 1 aliphatic rings. The lowest BCUT2D eigenvalue weighted by molar-refractivity contribution is -0.141. The highest BCUT2D eigenvalue weighted by Crippen LogP contribution is 2.34. The molecule has 2 atom stereocenters. The van der Waals surface area contributed by atoms with Gasteiger partial charge in [-0.2, -0.15) is 0 Å². The molecule has 2 N–H and O–H groups in total. The number of carbonyl (C=O) groups is 2. The SMILES string of the molecule is COc1ccc(NC(=O)[C@@H]2CC[C@H](C(=O)O)C2)cc1OCc1ccncc1. The lowest BCUT2D eigenvalue weighted by atomic mass is 10.0. The second-order valence-corrected chi connectivity index (χ2v) is 6.54. The minimum absolute atomic E-state index is 0.163. The van der Waals surface area contributed by atoms with Gasteiger partial charge in [-0.1, -0.05) is 0 Å². The van der Waals surface area contributed by atoms with Gasteiger partial charge < -0.3 is 19.9 Å². The first kappa shape index (κ1) is 18.7. The molecule has 0 spiro atoms. The molecule has 1 fully saturated rings. The van der Waals surface area contributed by atoms with E-state index in [1.54, 1.807) is 37.7 Å². The van der Waals surface area contributed by atoms with E-state index in [4.69, 9.17) is 14.6 Å². The average molecular weight is 370 g/mol. The monoisotopic (exact) mass is 370 g/mol. The van der Waals surface area contributed by atoms with Gasteiger partial charge in [0.1, 0.15) is 6.61 Å². The predicted octanol–water partition coefficient (Wildman–Crippen LogP) is 3.11. The van der Waals surface area contributed by atoms with E-state index in [9.17, 15) is 9.59 Å².